The monoisotopic (exact) mass is 371 g/mol. The number of rotatable bonds is 7. The van der Waals surface area contributed by atoms with Crippen LogP contribution in [0.15, 0.2) is 29.6 Å². The average molecular weight is 372 g/mol. The molecule has 1 aromatic heterocycles. The maximum absolute atomic E-state index is 11.1. The summed E-state index contributed by atoms with van der Waals surface area (Å²) in [4.78, 5) is 11.9. The van der Waals surface area contributed by atoms with E-state index >= 15 is 0 Å². The molecule has 0 saturated heterocycles. The molecule has 2 aromatic rings. The van der Waals surface area contributed by atoms with E-state index in [1.54, 1.807) is 17.4 Å². The summed E-state index contributed by atoms with van der Waals surface area (Å²) in [6.45, 7) is 0.446. The first kappa shape index (κ1) is 15.8. The Morgan fingerprint density at radius 1 is 1.38 bits per heavy atom. The first-order valence-corrected chi connectivity index (χ1v) is 8.22. The molecule has 0 amide bonds. The Balaban J connectivity index is 2.16. The number of ether oxygens (including phenoxy) is 2. The lowest BCUT2D eigenvalue weighted by atomic mass is 10.2. The van der Waals surface area contributed by atoms with Crippen molar-refractivity contribution in [2.75, 3.05) is 13.7 Å². The van der Waals surface area contributed by atoms with Crippen molar-refractivity contribution in [1.82, 2.24) is 0 Å². The van der Waals surface area contributed by atoms with E-state index < -0.39 is 4.92 Å². The molecule has 0 N–H and O–H groups in total. The highest BCUT2D eigenvalue weighted by molar-refractivity contribution is 9.08. The molecule has 0 saturated carbocycles. The van der Waals surface area contributed by atoms with E-state index in [9.17, 15) is 10.1 Å². The molecule has 5 nitrogen and oxygen atoms in total. The Bertz CT molecular complexity index is 616. The number of nitro benzene ring substituents is 1. The van der Waals surface area contributed by atoms with Crippen LogP contribution in [0.25, 0.3) is 0 Å². The van der Waals surface area contributed by atoms with Crippen LogP contribution in [0.5, 0.6) is 11.5 Å². The van der Waals surface area contributed by atoms with Crippen LogP contribution in [0.3, 0.4) is 0 Å². The van der Waals surface area contributed by atoms with Gasteiger partial charge in [-0.1, -0.05) is 22.0 Å². The van der Waals surface area contributed by atoms with E-state index in [1.807, 2.05) is 17.5 Å². The molecule has 0 atom stereocenters. The molecule has 0 aliphatic carbocycles. The van der Waals surface area contributed by atoms with Gasteiger partial charge in [-0.15, -0.1) is 11.3 Å². The van der Waals surface area contributed by atoms with Gasteiger partial charge in [-0.2, -0.15) is 0 Å². The van der Waals surface area contributed by atoms with Crippen LogP contribution in [0, 0.1) is 10.1 Å². The second-order valence-electron chi connectivity index (χ2n) is 4.20. The number of methoxy groups -OCH3 is 1. The van der Waals surface area contributed by atoms with Gasteiger partial charge in [0.15, 0.2) is 11.5 Å². The first-order valence-electron chi connectivity index (χ1n) is 6.22. The van der Waals surface area contributed by atoms with Crippen LogP contribution < -0.4 is 9.47 Å². The number of hydrogen-bond acceptors (Lipinski definition) is 5. The summed E-state index contributed by atoms with van der Waals surface area (Å²) in [5.41, 5.74) is 0.584. The number of thiophene rings is 1. The van der Waals surface area contributed by atoms with E-state index in [2.05, 4.69) is 15.9 Å². The van der Waals surface area contributed by atoms with Gasteiger partial charge < -0.3 is 9.47 Å². The lowest BCUT2D eigenvalue weighted by Crippen LogP contribution is -2.03. The van der Waals surface area contributed by atoms with Crippen molar-refractivity contribution in [2.24, 2.45) is 0 Å². The van der Waals surface area contributed by atoms with Crippen LogP contribution in [-0.4, -0.2) is 18.6 Å². The minimum absolute atomic E-state index is 0.0267. The van der Waals surface area contributed by atoms with Gasteiger partial charge in [0.1, 0.15) is 0 Å². The Morgan fingerprint density at radius 3 is 2.76 bits per heavy atom. The maximum Gasteiger partial charge on any atom is 0.277 e. The van der Waals surface area contributed by atoms with Crippen molar-refractivity contribution in [3.63, 3.8) is 0 Å². The molecule has 2 rings (SSSR count). The Labute approximate surface area is 134 Å². The van der Waals surface area contributed by atoms with E-state index in [4.69, 9.17) is 9.47 Å². The summed E-state index contributed by atoms with van der Waals surface area (Å²) in [5, 5.41) is 13.5. The van der Waals surface area contributed by atoms with E-state index in [-0.39, 0.29) is 5.69 Å². The van der Waals surface area contributed by atoms with E-state index in [0.717, 1.165) is 6.42 Å². The highest BCUT2D eigenvalue weighted by atomic mass is 79.9. The zero-order chi connectivity index (χ0) is 15.2. The van der Waals surface area contributed by atoms with Gasteiger partial charge in [-0.05, 0) is 17.5 Å². The third kappa shape index (κ3) is 3.95. The lowest BCUT2D eigenvalue weighted by molar-refractivity contribution is -0.385. The molecular formula is C14H14BrNO4S. The fraction of sp³-hybridized carbons (Fsp3) is 0.286. The molecule has 1 aromatic carbocycles. The minimum Gasteiger partial charge on any atom is -0.493 e. The van der Waals surface area contributed by atoms with Crippen LogP contribution in [-0.2, 0) is 11.8 Å². The van der Waals surface area contributed by atoms with Gasteiger partial charge in [0, 0.05) is 22.2 Å². The minimum atomic E-state index is -0.415. The third-order valence-electron chi connectivity index (χ3n) is 2.89. The standard InChI is InChI=1S/C14H14BrNO4S/c1-19-13-7-10(9-15)12(16(17)18)8-14(13)20-5-4-11-3-2-6-21-11/h2-3,6-8H,4-5,9H2,1H3. The molecule has 0 aliphatic heterocycles. The zero-order valence-electron chi connectivity index (χ0n) is 11.4. The SMILES string of the molecule is COc1cc(CBr)c([N+](=O)[O-])cc1OCCc1cccs1. The Kier molecular flexibility index (Phi) is 5.58. The summed E-state index contributed by atoms with van der Waals surface area (Å²) in [6.07, 6.45) is 0.759. The summed E-state index contributed by atoms with van der Waals surface area (Å²) in [6, 6.07) is 7.06. The van der Waals surface area contributed by atoms with Gasteiger partial charge >= 0.3 is 0 Å². The Morgan fingerprint density at radius 2 is 2.19 bits per heavy atom. The molecule has 21 heavy (non-hydrogen) atoms. The zero-order valence-corrected chi connectivity index (χ0v) is 13.8. The number of hydrogen-bond donors (Lipinski definition) is 0. The van der Waals surface area contributed by atoms with Crippen LogP contribution in [0.1, 0.15) is 10.4 Å². The summed E-state index contributed by atoms with van der Waals surface area (Å²) in [7, 11) is 1.52. The van der Waals surface area contributed by atoms with Crippen LogP contribution >= 0.6 is 27.3 Å². The molecule has 112 valence electrons. The van der Waals surface area contributed by atoms with Gasteiger partial charge in [0.2, 0.25) is 0 Å². The van der Waals surface area contributed by atoms with Crippen molar-refractivity contribution in [3.05, 3.63) is 50.2 Å². The van der Waals surface area contributed by atoms with Crippen molar-refractivity contribution in [2.45, 2.75) is 11.8 Å². The summed E-state index contributed by atoms with van der Waals surface area (Å²) < 4.78 is 10.9. The maximum atomic E-state index is 11.1. The summed E-state index contributed by atoms with van der Waals surface area (Å²) >= 11 is 4.90. The predicted molar refractivity (Wildman–Crippen MR) is 85.8 cm³/mol. The number of alkyl halides is 1. The topological polar surface area (TPSA) is 61.6 Å². The summed E-state index contributed by atoms with van der Waals surface area (Å²) in [5.74, 6) is 0.895. The molecule has 1 heterocycles. The predicted octanol–water partition coefficient (Wildman–Crippen LogP) is 4.18. The highest BCUT2D eigenvalue weighted by Gasteiger charge is 2.19. The lowest BCUT2D eigenvalue weighted by Gasteiger charge is -2.11. The number of benzene rings is 1. The molecule has 7 heteroatoms. The molecule has 0 spiro atoms. The fourth-order valence-electron chi connectivity index (χ4n) is 1.86. The molecule has 0 aliphatic rings. The first-order chi connectivity index (χ1) is 10.2. The van der Waals surface area contributed by atoms with Crippen molar-refractivity contribution in [1.29, 1.82) is 0 Å². The van der Waals surface area contributed by atoms with Crippen LogP contribution in [0.4, 0.5) is 5.69 Å². The second-order valence-corrected chi connectivity index (χ2v) is 5.79. The van der Waals surface area contributed by atoms with Crippen molar-refractivity contribution in [3.8, 4) is 11.5 Å². The molecule has 0 radical (unpaired) electrons. The van der Waals surface area contributed by atoms with E-state index in [1.165, 1.54) is 18.1 Å². The van der Waals surface area contributed by atoms with Crippen LogP contribution in [0.2, 0.25) is 0 Å². The number of halogens is 1. The Hall–Kier alpha value is -1.60. The fourth-order valence-corrected chi connectivity index (χ4v) is 3.00. The third-order valence-corrected chi connectivity index (χ3v) is 4.43. The van der Waals surface area contributed by atoms with Gasteiger partial charge in [-0.25, -0.2) is 0 Å². The highest BCUT2D eigenvalue weighted by Crippen LogP contribution is 2.35. The van der Waals surface area contributed by atoms with Gasteiger partial charge in [0.05, 0.1) is 24.7 Å². The number of nitro groups is 1. The molecule has 0 bridgehead atoms. The van der Waals surface area contributed by atoms with Gasteiger partial charge in [0.25, 0.3) is 5.69 Å². The van der Waals surface area contributed by atoms with Crippen molar-refractivity contribution < 1.29 is 14.4 Å². The smallest absolute Gasteiger partial charge is 0.277 e. The van der Waals surface area contributed by atoms with E-state index in [0.29, 0.717) is 29.0 Å². The normalized spacial score (nSPS) is 10.4. The molecule has 0 unspecified atom stereocenters. The van der Waals surface area contributed by atoms with Crippen molar-refractivity contribution >= 4 is 33.0 Å². The quantitative estimate of drug-likeness (QED) is 0.416. The number of nitrogens with zero attached hydrogens (tertiary/aromatic N) is 1. The molecular weight excluding hydrogens is 358 g/mol. The average Bonchev–Trinajstić information content (AvgIpc) is 2.99. The largest absolute Gasteiger partial charge is 0.493 e. The second kappa shape index (κ2) is 7.42. The molecule has 0 fully saturated rings. The van der Waals surface area contributed by atoms with Gasteiger partial charge in [-0.3, -0.25) is 10.1 Å².